The van der Waals surface area contributed by atoms with Crippen molar-refractivity contribution in [1.82, 2.24) is 9.80 Å². The van der Waals surface area contributed by atoms with Crippen molar-refractivity contribution in [1.29, 1.82) is 0 Å². The molecule has 186 valence electrons. The number of hydrogen-bond donors (Lipinski definition) is 2. The molecule has 0 aromatic heterocycles. The van der Waals surface area contributed by atoms with E-state index < -0.39 is 11.0 Å². The first kappa shape index (κ1) is 22.7. The molecule has 0 radical (unpaired) electrons. The number of piperidine rings is 1. The zero-order valence-electron chi connectivity index (χ0n) is 20.8. The van der Waals surface area contributed by atoms with Crippen LogP contribution in [0.15, 0.2) is 12.1 Å². The quantitative estimate of drug-likeness (QED) is 0.569. The fraction of sp³-hybridized carbons (Fsp3) is 0.750. The molecule has 3 aliphatic carbocycles. The molecule has 5 atom stereocenters. The van der Waals surface area contributed by atoms with Gasteiger partial charge in [-0.2, -0.15) is 0 Å². The Morgan fingerprint density at radius 3 is 2.79 bits per heavy atom. The van der Waals surface area contributed by atoms with E-state index in [2.05, 4.69) is 11.8 Å². The minimum Gasteiger partial charge on any atom is -0.504 e. The number of likely N-dealkylation sites (tertiary alicyclic amines) is 1. The van der Waals surface area contributed by atoms with Gasteiger partial charge in [0.2, 0.25) is 5.91 Å². The van der Waals surface area contributed by atoms with Gasteiger partial charge in [0.15, 0.2) is 11.5 Å². The predicted octanol–water partition coefficient (Wildman–Crippen LogP) is 3.75. The van der Waals surface area contributed by atoms with E-state index in [0.717, 1.165) is 63.1 Å². The molecule has 2 heterocycles. The molecule has 6 rings (SSSR count). The average molecular weight is 469 g/mol. The maximum absolute atomic E-state index is 13.2. The zero-order valence-corrected chi connectivity index (χ0v) is 20.8. The van der Waals surface area contributed by atoms with Crippen molar-refractivity contribution in [3.63, 3.8) is 0 Å². The van der Waals surface area contributed by atoms with Gasteiger partial charge in [-0.3, -0.25) is 9.69 Å². The number of likely N-dealkylation sites (N-methyl/N-ethyl adjacent to an activating group) is 1. The number of rotatable bonds is 8. The monoisotopic (exact) mass is 468 g/mol. The number of aliphatic hydroxyl groups is 1. The minimum absolute atomic E-state index is 0.0759. The van der Waals surface area contributed by atoms with Gasteiger partial charge >= 0.3 is 0 Å². The Bertz CT molecular complexity index is 977. The van der Waals surface area contributed by atoms with Crippen LogP contribution in [0.1, 0.15) is 82.3 Å². The van der Waals surface area contributed by atoms with Crippen LogP contribution >= 0.6 is 0 Å². The summed E-state index contributed by atoms with van der Waals surface area (Å²) in [6.07, 6.45) is 10.2. The fourth-order valence-corrected chi connectivity index (χ4v) is 7.92. The molecule has 2 saturated carbocycles. The van der Waals surface area contributed by atoms with Crippen LogP contribution in [0, 0.1) is 5.92 Å². The number of hydrogen-bond acceptors (Lipinski definition) is 5. The van der Waals surface area contributed by atoms with Crippen molar-refractivity contribution in [2.45, 2.75) is 107 Å². The molecule has 3 fully saturated rings. The first-order valence-electron chi connectivity index (χ1n) is 13.6. The summed E-state index contributed by atoms with van der Waals surface area (Å²) in [6, 6.07) is 3.78. The first-order valence-corrected chi connectivity index (χ1v) is 13.6. The molecule has 2 bridgehead atoms. The number of ether oxygens (including phenoxy) is 1. The van der Waals surface area contributed by atoms with E-state index in [4.69, 9.17) is 4.74 Å². The van der Waals surface area contributed by atoms with Crippen LogP contribution in [0.5, 0.6) is 11.5 Å². The number of unbranched alkanes of at least 4 members (excludes halogenated alkanes) is 3. The highest BCUT2D eigenvalue weighted by molar-refractivity contribution is 5.76. The topological polar surface area (TPSA) is 73.2 Å². The number of carbonyl (C=O) groups excluding carboxylic acids is 1. The summed E-state index contributed by atoms with van der Waals surface area (Å²) >= 11 is 0. The molecule has 1 spiro atoms. The van der Waals surface area contributed by atoms with Crippen LogP contribution in [-0.4, -0.2) is 69.8 Å². The fourth-order valence-electron chi connectivity index (χ4n) is 7.92. The number of phenols is 1. The Kier molecular flexibility index (Phi) is 5.41. The first-order chi connectivity index (χ1) is 16.4. The Morgan fingerprint density at radius 2 is 2.03 bits per heavy atom. The molecule has 6 nitrogen and oxygen atoms in total. The molecular formula is C28H40N2O4. The number of aromatic hydroxyl groups is 1. The molecule has 6 heteroatoms. The zero-order chi connectivity index (χ0) is 23.7. The third-order valence-corrected chi connectivity index (χ3v) is 9.87. The van der Waals surface area contributed by atoms with E-state index in [0.29, 0.717) is 18.6 Å². The van der Waals surface area contributed by atoms with Crippen LogP contribution < -0.4 is 4.74 Å². The highest BCUT2D eigenvalue weighted by Crippen LogP contribution is 2.66. The molecule has 1 amide bonds. The number of phenolic OH excluding ortho intramolecular Hbond substituents is 1. The van der Waals surface area contributed by atoms with Gasteiger partial charge in [0.25, 0.3) is 0 Å². The molecule has 5 aliphatic rings. The Labute approximate surface area is 203 Å². The van der Waals surface area contributed by atoms with Gasteiger partial charge in [0, 0.05) is 31.6 Å². The van der Waals surface area contributed by atoms with Gasteiger partial charge in [-0.15, -0.1) is 0 Å². The lowest BCUT2D eigenvalue weighted by molar-refractivity contribution is -0.200. The molecular weight excluding hydrogens is 428 g/mol. The largest absolute Gasteiger partial charge is 0.504 e. The summed E-state index contributed by atoms with van der Waals surface area (Å²) in [4.78, 5) is 17.6. The summed E-state index contributed by atoms with van der Waals surface area (Å²) in [6.45, 7) is 4.20. The molecule has 1 aromatic carbocycles. The van der Waals surface area contributed by atoms with Crippen molar-refractivity contribution in [2.24, 2.45) is 5.92 Å². The number of benzene rings is 1. The summed E-state index contributed by atoms with van der Waals surface area (Å²) in [7, 11) is 1.92. The van der Waals surface area contributed by atoms with Crippen molar-refractivity contribution >= 4 is 5.91 Å². The van der Waals surface area contributed by atoms with Crippen molar-refractivity contribution in [3.8, 4) is 11.5 Å². The maximum Gasteiger partial charge on any atom is 0.222 e. The molecule has 1 aromatic rings. The van der Waals surface area contributed by atoms with Crippen LogP contribution in [0.2, 0.25) is 0 Å². The third-order valence-electron chi connectivity index (χ3n) is 9.87. The molecule has 2 aliphatic heterocycles. The van der Waals surface area contributed by atoms with E-state index in [9.17, 15) is 15.0 Å². The van der Waals surface area contributed by atoms with Gasteiger partial charge in [-0.1, -0.05) is 32.3 Å². The normalized spacial score (nSPS) is 35.6. The Hall–Kier alpha value is -1.79. The SMILES string of the molecule is CCCCCCC(=O)N(C)C1CC[C@@]2(O)[C@H]3Cc4ccc(O)c5c4[C@@]2(CCN3CC2CC2)C1O5. The molecule has 1 saturated heterocycles. The second-order valence-electron chi connectivity index (χ2n) is 11.7. The van der Waals surface area contributed by atoms with Crippen LogP contribution in [0.25, 0.3) is 0 Å². The van der Waals surface area contributed by atoms with E-state index in [1.165, 1.54) is 24.8 Å². The highest BCUT2D eigenvalue weighted by Gasteiger charge is 2.73. The van der Waals surface area contributed by atoms with Crippen molar-refractivity contribution in [3.05, 3.63) is 23.3 Å². The van der Waals surface area contributed by atoms with Crippen LogP contribution in [0.4, 0.5) is 0 Å². The van der Waals surface area contributed by atoms with Crippen LogP contribution in [0.3, 0.4) is 0 Å². The van der Waals surface area contributed by atoms with E-state index >= 15 is 0 Å². The van der Waals surface area contributed by atoms with Gasteiger partial charge in [-0.05, 0) is 69.0 Å². The number of nitrogens with zero attached hydrogens (tertiary/aromatic N) is 2. The van der Waals surface area contributed by atoms with Gasteiger partial charge in [0.05, 0.1) is 17.1 Å². The predicted molar refractivity (Wildman–Crippen MR) is 130 cm³/mol. The maximum atomic E-state index is 13.2. The van der Waals surface area contributed by atoms with E-state index in [1.54, 1.807) is 6.07 Å². The highest BCUT2D eigenvalue weighted by atomic mass is 16.5. The van der Waals surface area contributed by atoms with E-state index in [1.807, 2.05) is 18.0 Å². The molecule has 2 N–H and O–H groups in total. The lowest BCUT2D eigenvalue weighted by Gasteiger charge is -2.64. The van der Waals surface area contributed by atoms with Gasteiger partial charge in [0.1, 0.15) is 6.10 Å². The summed E-state index contributed by atoms with van der Waals surface area (Å²) < 4.78 is 6.61. The lowest BCUT2D eigenvalue weighted by Crippen LogP contribution is -2.78. The standard InChI is InChI=1S/C28H40N2O4/c1-3-4-5-6-7-23(32)29(2)20-12-13-28(33)22-16-19-10-11-21(31)25-24(19)27(28,26(20)34-25)14-15-30(22)17-18-8-9-18/h10-11,18,20,22,26,31,33H,3-9,12-17H2,1-2H3/t20?,22-,26?,27+,28-/m1/s1. The Balaban J connectivity index is 1.35. The third kappa shape index (κ3) is 3.10. The number of amides is 1. The second-order valence-corrected chi connectivity index (χ2v) is 11.7. The van der Waals surface area contributed by atoms with Gasteiger partial charge in [-0.25, -0.2) is 0 Å². The Morgan fingerprint density at radius 1 is 1.21 bits per heavy atom. The average Bonchev–Trinajstić information content (AvgIpc) is 3.57. The van der Waals surface area contributed by atoms with Crippen LogP contribution in [-0.2, 0) is 16.6 Å². The second kappa shape index (κ2) is 8.12. The van der Waals surface area contributed by atoms with Gasteiger partial charge < -0.3 is 19.8 Å². The lowest BCUT2D eigenvalue weighted by atomic mass is 9.48. The smallest absolute Gasteiger partial charge is 0.222 e. The van der Waals surface area contributed by atoms with E-state index in [-0.39, 0.29) is 29.8 Å². The number of carbonyl (C=O) groups is 1. The molecule has 34 heavy (non-hydrogen) atoms. The summed E-state index contributed by atoms with van der Waals surface area (Å²) in [5, 5.41) is 23.3. The summed E-state index contributed by atoms with van der Waals surface area (Å²) in [5.41, 5.74) is 0.799. The summed E-state index contributed by atoms with van der Waals surface area (Å²) in [5.74, 6) is 1.67. The minimum atomic E-state index is -0.891. The van der Waals surface area contributed by atoms with Crippen molar-refractivity contribution in [2.75, 3.05) is 20.1 Å². The molecule has 2 unspecified atom stereocenters. The van der Waals surface area contributed by atoms with Crippen molar-refractivity contribution < 1.29 is 19.7 Å².